The molecule has 0 radical (unpaired) electrons. The first kappa shape index (κ1) is 18.3. The van der Waals surface area contributed by atoms with Crippen molar-refractivity contribution in [3.8, 4) is 0 Å². The van der Waals surface area contributed by atoms with Crippen LogP contribution in [0, 0.1) is 0 Å². The van der Waals surface area contributed by atoms with Gasteiger partial charge in [-0.3, -0.25) is 20.0 Å². The molecule has 0 spiro atoms. The summed E-state index contributed by atoms with van der Waals surface area (Å²) >= 11 is 0. The number of carbonyl (C=O) groups excluding carboxylic acids is 2. The Hall–Kier alpha value is -2.04. The van der Waals surface area contributed by atoms with E-state index >= 15 is 0 Å². The fourth-order valence-corrected chi connectivity index (χ4v) is 6.17. The van der Waals surface area contributed by atoms with Gasteiger partial charge < -0.3 is 9.80 Å². The molecule has 3 aliphatic heterocycles. The maximum atomic E-state index is 13.0. The lowest BCUT2D eigenvalue weighted by atomic mass is 10.0. The third-order valence-electron chi connectivity index (χ3n) is 5.50. The number of hydrogen-bond donors (Lipinski definition) is 2. The number of pyridine rings is 1. The average Bonchev–Trinajstić information content (AvgIpc) is 3.22. The Labute approximate surface area is 158 Å². The predicted octanol–water partition coefficient (Wildman–Crippen LogP) is -1.21. The van der Waals surface area contributed by atoms with Crippen LogP contribution in [0.3, 0.4) is 0 Å². The van der Waals surface area contributed by atoms with Crippen molar-refractivity contribution in [1.29, 1.82) is 0 Å². The van der Waals surface area contributed by atoms with Crippen molar-refractivity contribution in [3.05, 3.63) is 30.1 Å². The first-order valence-corrected chi connectivity index (χ1v) is 10.9. The minimum Gasteiger partial charge on any atom is -0.333 e. The molecule has 9 nitrogen and oxygen atoms in total. The topological polar surface area (TPSA) is 112 Å². The third-order valence-corrected chi connectivity index (χ3v) is 7.19. The maximum absolute atomic E-state index is 13.0. The molecule has 0 aromatic carbocycles. The summed E-state index contributed by atoms with van der Waals surface area (Å²) in [5.41, 5.74) is 6.30. The highest BCUT2D eigenvalue weighted by Gasteiger charge is 2.50. The lowest BCUT2D eigenvalue weighted by Gasteiger charge is -2.44. The molecule has 3 aliphatic rings. The van der Waals surface area contributed by atoms with Crippen LogP contribution >= 0.6 is 0 Å². The van der Waals surface area contributed by atoms with E-state index in [1.54, 1.807) is 28.0 Å². The molecule has 27 heavy (non-hydrogen) atoms. The summed E-state index contributed by atoms with van der Waals surface area (Å²) in [4.78, 5) is 33.1. The van der Waals surface area contributed by atoms with E-state index in [9.17, 15) is 18.0 Å². The molecule has 1 aromatic heterocycles. The normalized spacial score (nSPS) is 32.3. The van der Waals surface area contributed by atoms with Crippen LogP contribution in [0.25, 0.3) is 0 Å². The van der Waals surface area contributed by atoms with Crippen LogP contribution in [-0.2, 0) is 14.6 Å². The number of sulfone groups is 1. The molecule has 1 aromatic rings. The molecule has 0 aliphatic carbocycles. The van der Waals surface area contributed by atoms with E-state index in [1.807, 2.05) is 6.92 Å². The van der Waals surface area contributed by atoms with Gasteiger partial charge in [-0.25, -0.2) is 13.8 Å². The minimum atomic E-state index is -3.32. The molecule has 4 heterocycles. The highest BCUT2D eigenvalue weighted by atomic mass is 32.2. The number of nitrogens with zero attached hydrogens (tertiary/aromatic N) is 3. The molecule has 146 valence electrons. The van der Waals surface area contributed by atoms with Gasteiger partial charge in [-0.2, -0.15) is 0 Å². The number of aromatic nitrogens is 1. The SMILES string of the molecule is CC1CC(C(=O)N2CCN(C(=O)c3ccccn3)[C@@H]3CS(=O)(=O)C[C@@H]32)NN1. The van der Waals surface area contributed by atoms with Gasteiger partial charge in [0.1, 0.15) is 11.7 Å². The van der Waals surface area contributed by atoms with E-state index in [0.717, 1.165) is 0 Å². The fourth-order valence-electron chi connectivity index (χ4n) is 4.19. The van der Waals surface area contributed by atoms with Crippen LogP contribution in [-0.4, -0.2) is 83.8 Å². The van der Waals surface area contributed by atoms with Crippen molar-refractivity contribution < 1.29 is 18.0 Å². The Morgan fingerprint density at radius 1 is 1.11 bits per heavy atom. The van der Waals surface area contributed by atoms with E-state index in [-0.39, 0.29) is 41.1 Å². The zero-order valence-electron chi connectivity index (χ0n) is 15.0. The summed E-state index contributed by atoms with van der Waals surface area (Å²) in [5, 5.41) is 0. The second-order valence-corrected chi connectivity index (χ2v) is 9.59. The Morgan fingerprint density at radius 2 is 1.81 bits per heavy atom. The molecule has 10 heteroatoms. The standard InChI is InChI=1S/C17H23N5O4S/c1-11-8-13(20-19-11)17(24)22-7-6-21(14-9-27(25,26)10-15(14)22)16(23)12-4-2-3-5-18-12/h2-5,11,13-15,19-20H,6-10H2,1H3/t11?,13?,14-,15+/m1/s1. The van der Waals surface area contributed by atoms with Crippen molar-refractivity contribution in [3.63, 3.8) is 0 Å². The summed E-state index contributed by atoms with van der Waals surface area (Å²) < 4.78 is 24.6. The van der Waals surface area contributed by atoms with Crippen LogP contribution in [0.4, 0.5) is 0 Å². The van der Waals surface area contributed by atoms with E-state index in [4.69, 9.17) is 0 Å². The average molecular weight is 393 g/mol. The molecule has 2 unspecified atom stereocenters. The molecule has 0 bridgehead atoms. The first-order chi connectivity index (χ1) is 12.9. The monoisotopic (exact) mass is 393 g/mol. The number of rotatable bonds is 2. The van der Waals surface area contributed by atoms with Gasteiger partial charge in [0.15, 0.2) is 9.84 Å². The van der Waals surface area contributed by atoms with E-state index < -0.39 is 21.9 Å². The van der Waals surface area contributed by atoms with Crippen LogP contribution in [0.15, 0.2) is 24.4 Å². The number of piperazine rings is 1. The number of hydrazine groups is 1. The summed E-state index contributed by atoms with van der Waals surface area (Å²) in [5.74, 6) is -0.620. The van der Waals surface area contributed by atoms with Crippen molar-refractivity contribution in [2.24, 2.45) is 0 Å². The number of carbonyl (C=O) groups is 2. The van der Waals surface area contributed by atoms with Crippen molar-refractivity contribution in [2.45, 2.75) is 37.5 Å². The Morgan fingerprint density at radius 3 is 2.44 bits per heavy atom. The van der Waals surface area contributed by atoms with E-state index in [2.05, 4.69) is 15.8 Å². The lowest BCUT2D eigenvalue weighted by molar-refractivity contribution is -0.138. The quantitative estimate of drug-likeness (QED) is 0.648. The second kappa shape index (κ2) is 6.84. The van der Waals surface area contributed by atoms with Crippen LogP contribution in [0.1, 0.15) is 23.8 Å². The van der Waals surface area contributed by atoms with Crippen molar-refractivity contribution >= 4 is 21.7 Å². The molecule has 3 fully saturated rings. The fraction of sp³-hybridized carbons (Fsp3) is 0.588. The zero-order chi connectivity index (χ0) is 19.2. The van der Waals surface area contributed by atoms with Gasteiger partial charge in [-0.1, -0.05) is 6.07 Å². The maximum Gasteiger partial charge on any atom is 0.272 e. The number of hydrogen-bond acceptors (Lipinski definition) is 7. The number of nitrogens with one attached hydrogen (secondary N) is 2. The molecule has 4 rings (SSSR count). The minimum absolute atomic E-state index is 0.106. The zero-order valence-corrected chi connectivity index (χ0v) is 15.9. The van der Waals surface area contributed by atoms with Gasteiger partial charge in [-0.15, -0.1) is 0 Å². The smallest absolute Gasteiger partial charge is 0.272 e. The van der Waals surface area contributed by atoms with Crippen molar-refractivity contribution in [2.75, 3.05) is 24.6 Å². The molecule has 3 saturated heterocycles. The Bertz CT molecular complexity index is 846. The van der Waals surface area contributed by atoms with E-state index in [0.29, 0.717) is 19.5 Å². The molecular weight excluding hydrogens is 370 g/mol. The Balaban J connectivity index is 1.58. The number of amides is 2. The van der Waals surface area contributed by atoms with Crippen LogP contribution in [0.2, 0.25) is 0 Å². The lowest BCUT2D eigenvalue weighted by Crippen LogP contribution is -2.64. The Kier molecular flexibility index (Phi) is 4.65. The molecule has 2 N–H and O–H groups in total. The van der Waals surface area contributed by atoms with E-state index in [1.165, 1.54) is 6.20 Å². The van der Waals surface area contributed by atoms with Crippen LogP contribution < -0.4 is 10.9 Å². The molecule has 0 saturated carbocycles. The molecule has 4 atom stereocenters. The largest absolute Gasteiger partial charge is 0.333 e. The van der Waals surface area contributed by atoms with Gasteiger partial charge in [0.25, 0.3) is 5.91 Å². The number of fused-ring (bicyclic) bond motifs is 1. The molecule has 2 amide bonds. The van der Waals surface area contributed by atoms with Crippen LogP contribution in [0.5, 0.6) is 0 Å². The van der Waals surface area contributed by atoms with Crippen molar-refractivity contribution in [1.82, 2.24) is 25.6 Å². The van der Waals surface area contributed by atoms with Gasteiger partial charge >= 0.3 is 0 Å². The summed E-state index contributed by atoms with van der Waals surface area (Å²) in [6.45, 7) is 2.60. The summed E-state index contributed by atoms with van der Waals surface area (Å²) in [7, 11) is -3.32. The highest BCUT2D eigenvalue weighted by Crippen LogP contribution is 2.29. The predicted molar refractivity (Wildman–Crippen MR) is 97.4 cm³/mol. The van der Waals surface area contributed by atoms with Gasteiger partial charge in [0, 0.05) is 25.3 Å². The van der Waals surface area contributed by atoms with Gasteiger partial charge in [0.2, 0.25) is 5.91 Å². The highest BCUT2D eigenvalue weighted by molar-refractivity contribution is 7.91. The third kappa shape index (κ3) is 3.44. The molecular formula is C17H23N5O4S. The second-order valence-electron chi connectivity index (χ2n) is 7.43. The summed E-state index contributed by atoms with van der Waals surface area (Å²) in [6, 6.07) is 3.82. The first-order valence-electron chi connectivity index (χ1n) is 9.10. The van der Waals surface area contributed by atoms with Gasteiger partial charge in [-0.05, 0) is 25.5 Å². The van der Waals surface area contributed by atoms with Gasteiger partial charge in [0.05, 0.1) is 23.6 Å². The summed E-state index contributed by atoms with van der Waals surface area (Å²) in [6.07, 6.45) is 2.19.